The highest BCUT2D eigenvalue weighted by Crippen LogP contribution is 2.40. The highest BCUT2D eigenvalue weighted by Gasteiger charge is 2.46. The summed E-state index contributed by atoms with van der Waals surface area (Å²) in [6, 6.07) is 7.84. The maximum absolute atomic E-state index is 10.9. The van der Waals surface area contributed by atoms with Gasteiger partial charge in [-0.05, 0) is 30.9 Å². The predicted molar refractivity (Wildman–Crippen MR) is 83.5 cm³/mol. The molecule has 1 aromatic carbocycles. The van der Waals surface area contributed by atoms with Crippen LogP contribution in [0, 0.1) is 17.2 Å². The number of ether oxygens (including phenoxy) is 1. The van der Waals surface area contributed by atoms with Gasteiger partial charge in [-0.25, -0.2) is 0 Å². The summed E-state index contributed by atoms with van der Waals surface area (Å²) in [6.07, 6.45) is 1.52. The highest BCUT2D eigenvalue weighted by atomic mass is 16.5. The van der Waals surface area contributed by atoms with E-state index in [2.05, 4.69) is 24.8 Å². The van der Waals surface area contributed by atoms with Crippen LogP contribution in [0.4, 0.5) is 5.69 Å². The van der Waals surface area contributed by atoms with E-state index in [4.69, 9.17) is 10.00 Å². The Morgan fingerprint density at radius 3 is 2.76 bits per heavy atom. The van der Waals surface area contributed by atoms with Gasteiger partial charge in [0.15, 0.2) is 0 Å². The van der Waals surface area contributed by atoms with E-state index in [9.17, 15) is 5.11 Å². The SMILES string of the molecule is CC[C@]1(O)CCN(c2ccc(C#N)c(OC)c2)[C@H]1C(C)C. The number of aliphatic hydroxyl groups is 1. The van der Waals surface area contributed by atoms with Crippen LogP contribution in [0.5, 0.6) is 5.75 Å². The van der Waals surface area contributed by atoms with E-state index in [1.807, 2.05) is 19.1 Å². The largest absolute Gasteiger partial charge is 0.495 e. The molecule has 1 heterocycles. The first kappa shape index (κ1) is 15.7. The summed E-state index contributed by atoms with van der Waals surface area (Å²) in [5.41, 5.74) is 0.899. The van der Waals surface area contributed by atoms with Crippen LogP contribution < -0.4 is 9.64 Å². The monoisotopic (exact) mass is 288 g/mol. The van der Waals surface area contributed by atoms with Crippen molar-refractivity contribution in [3.63, 3.8) is 0 Å². The number of hydrogen-bond acceptors (Lipinski definition) is 4. The second-order valence-electron chi connectivity index (χ2n) is 6.09. The van der Waals surface area contributed by atoms with Crippen LogP contribution in [0.1, 0.15) is 39.2 Å². The molecule has 1 aliphatic heterocycles. The van der Waals surface area contributed by atoms with Gasteiger partial charge in [0.2, 0.25) is 0 Å². The molecular formula is C17H24N2O2. The summed E-state index contributed by atoms with van der Waals surface area (Å²) < 4.78 is 5.30. The van der Waals surface area contributed by atoms with Gasteiger partial charge < -0.3 is 14.7 Å². The standard InChI is InChI=1S/C17H24N2O2/c1-5-17(20)8-9-19(16(17)12(2)3)14-7-6-13(11-18)15(10-14)21-4/h6-7,10,12,16,20H,5,8-9H2,1-4H3/t16-,17-/m0/s1. The smallest absolute Gasteiger partial charge is 0.138 e. The maximum atomic E-state index is 10.9. The van der Waals surface area contributed by atoms with Crippen molar-refractivity contribution in [2.45, 2.75) is 45.3 Å². The van der Waals surface area contributed by atoms with Crippen molar-refractivity contribution in [1.29, 1.82) is 5.26 Å². The number of nitriles is 1. The number of rotatable bonds is 4. The fourth-order valence-corrected chi connectivity index (χ4v) is 3.50. The van der Waals surface area contributed by atoms with E-state index in [0.29, 0.717) is 17.2 Å². The fraction of sp³-hybridized carbons (Fsp3) is 0.588. The minimum absolute atomic E-state index is 0.0835. The lowest BCUT2D eigenvalue weighted by Gasteiger charge is -2.37. The van der Waals surface area contributed by atoms with Crippen LogP contribution >= 0.6 is 0 Å². The maximum Gasteiger partial charge on any atom is 0.138 e. The molecule has 0 saturated carbocycles. The van der Waals surface area contributed by atoms with Gasteiger partial charge >= 0.3 is 0 Å². The van der Waals surface area contributed by atoms with Crippen molar-refractivity contribution >= 4 is 5.69 Å². The third-order valence-electron chi connectivity index (χ3n) is 4.55. The Hall–Kier alpha value is -1.73. The molecule has 4 nitrogen and oxygen atoms in total. The minimum Gasteiger partial charge on any atom is -0.495 e. The van der Waals surface area contributed by atoms with Gasteiger partial charge in [0, 0.05) is 18.3 Å². The fourth-order valence-electron chi connectivity index (χ4n) is 3.50. The second-order valence-corrected chi connectivity index (χ2v) is 6.09. The molecule has 4 heteroatoms. The lowest BCUT2D eigenvalue weighted by atomic mass is 9.84. The normalized spacial score (nSPS) is 25.2. The lowest BCUT2D eigenvalue weighted by molar-refractivity contribution is 0.0148. The third kappa shape index (κ3) is 2.71. The number of anilines is 1. The Labute approximate surface area is 127 Å². The van der Waals surface area contributed by atoms with E-state index >= 15 is 0 Å². The molecule has 0 unspecified atom stereocenters. The summed E-state index contributed by atoms with van der Waals surface area (Å²) >= 11 is 0. The van der Waals surface area contributed by atoms with Crippen LogP contribution in [0.25, 0.3) is 0 Å². The number of methoxy groups -OCH3 is 1. The van der Waals surface area contributed by atoms with E-state index in [-0.39, 0.29) is 6.04 Å². The molecule has 21 heavy (non-hydrogen) atoms. The molecule has 2 atom stereocenters. The lowest BCUT2D eigenvalue weighted by Crippen LogP contribution is -2.47. The van der Waals surface area contributed by atoms with E-state index in [1.165, 1.54) is 0 Å². The molecule has 1 saturated heterocycles. The van der Waals surface area contributed by atoms with E-state index in [1.54, 1.807) is 13.2 Å². The quantitative estimate of drug-likeness (QED) is 0.925. The zero-order valence-corrected chi connectivity index (χ0v) is 13.3. The van der Waals surface area contributed by atoms with Crippen LogP contribution in [-0.2, 0) is 0 Å². The van der Waals surface area contributed by atoms with E-state index < -0.39 is 5.60 Å². The topological polar surface area (TPSA) is 56.5 Å². The van der Waals surface area contributed by atoms with Crippen LogP contribution in [0.3, 0.4) is 0 Å². The van der Waals surface area contributed by atoms with Crippen molar-refractivity contribution in [1.82, 2.24) is 0 Å². The summed E-state index contributed by atoms with van der Waals surface area (Å²) in [5, 5.41) is 19.9. The van der Waals surface area contributed by atoms with Gasteiger partial charge in [-0.2, -0.15) is 5.26 Å². The van der Waals surface area contributed by atoms with Gasteiger partial charge in [-0.1, -0.05) is 20.8 Å². The molecule has 2 rings (SSSR count). The van der Waals surface area contributed by atoms with Crippen molar-refractivity contribution < 1.29 is 9.84 Å². The first-order valence-electron chi connectivity index (χ1n) is 7.54. The Morgan fingerprint density at radius 2 is 2.24 bits per heavy atom. The van der Waals surface area contributed by atoms with Crippen LogP contribution in [0.15, 0.2) is 18.2 Å². The number of nitrogens with zero attached hydrogens (tertiary/aromatic N) is 2. The average Bonchev–Trinajstić information content (AvgIpc) is 2.85. The minimum atomic E-state index is -0.644. The van der Waals surface area contributed by atoms with Gasteiger partial charge in [-0.3, -0.25) is 0 Å². The zero-order chi connectivity index (χ0) is 15.6. The van der Waals surface area contributed by atoms with Gasteiger partial charge in [-0.15, -0.1) is 0 Å². The van der Waals surface area contributed by atoms with Crippen LogP contribution in [-0.4, -0.2) is 30.4 Å². The molecule has 0 bridgehead atoms. The van der Waals surface area contributed by atoms with Gasteiger partial charge in [0.1, 0.15) is 11.8 Å². The Bertz CT molecular complexity index is 550. The summed E-state index contributed by atoms with van der Waals surface area (Å²) in [6.45, 7) is 7.15. The summed E-state index contributed by atoms with van der Waals surface area (Å²) in [4.78, 5) is 2.25. The third-order valence-corrected chi connectivity index (χ3v) is 4.55. The molecule has 0 spiro atoms. The Morgan fingerprint density at radius 1 is 1.52 bits per heavy atom. The molecule has 1 N–H and O–H groups in total. The van der Waals surface area contributed by atoms with Crippen molar-refractivity contribution in [2.24, 2.45) is 5.92 Å². The van der Waals surface area contributed by atoms with Crippen molar-refractivity contribution in [2.75, 3.05) is 18.6 Å². The summed E-state index contributed by atoms with van der Waals surface area (Å²) in [5.74, 6) is 0.934. The van der Waals surface area contributed by atoms with Crippen molar-refractivity contribution in [3.05, 3.63) is 23.8 Å². The molecule has 1 aliphatic rings. The molecule has 1 fully saturated rings. The molecule has 114 valence electrons. The van der Waals surface area contributed by atoms with Gasteiger partial charge in [0.05, 0.1) is 24.3 Å². The molecule has 1 aromatic rings. The first-order valence-corrected chi connectivity index (χ1v) is 7.54. The first-order chi connectivity index (χ1) is 9.96. The molecule has 0 amide bonds. The number of hydrogen-bond donors (Lipinski definition) is 1. The Kier molecular flexibility index (Phi) is 4.43. The molecule has 0 radical (unpaired) electrons. The molecule has 0 aliphatic carbocycles. The van der Waals surface area contributed by atoms with Gasteiger partial charge in [0.25, 0.3) is 0 Å². The average molecular weight is 288 g/mol. The summed E-state index contributed by atoms with van der Waals surface area (Å²) in [7, 11) is 1.58. The van der Waals surface area contributed by atoms with Crippen molar-refractivity contribution in [3.8, 4) is 11.8 Å². The van der Waals surface area contributed by atoms with Crippen LogP contribution in [0.2, 0.25) is 0 Å². The number of benzene rings is 1. The second kappa shape index (κ2) is 5.95. The molecular weight excluding hydrogens is 264 g/mol. The highest BCUT2D eigenvalue weighted by molar-refractivity contribution is 5.58. The zero-order valence-electron chi connectivity index (χ0n) is 13.3. The Balaban J connectivity index is 2.40. The van der Waals surface area contributed by atoms with E-state index in [0.717, 1.165) is 25.1 Å². The molecule has 0 aromatic heterocycles. The predicted octanol–water partition coefficient (Wildman–Crippen LogP) is 2.94.